The Morgan fingerprint density at radius 1 is 1.12 bits per heavy atom. The van der Waals surface area contributed by atoms with Gasteiger partial charge in [0.2, 0.25) is 0 Å². The number of hydrogen-bond donors (Lipinski definition) is 1. The molecule has 1 atom stereocenters. The summed E-state index contributed by atoms with van der Waals surface area (Å²) < 4.78 is 6.61. The molecule has 1 N–H and O–H groups in total. The molecule has 0 aliphatic heterocycles. The van der Waals surface area contributed by atoms with Crippen molar-refractivity contribution in [2.75, 3.05) is 6.61 Å². The average molecular weight is 412 g/mol. The number of hydrogen-bond acceptors (Lipinski definition) is 2. The van der Waals surface area contributed by atoms with E-state index in [0.717, 1.165) is 20.8 Å². The van der Waals surface area contributed by atoms with Gasteiger partial charge in [0.15, 0.2) is 6.61 Å². The fourth-order valence-electron chi connectivity index (χ4n) is 3.06. The Kier molecular flexibility index (Phi) is 5.62. The van der Waals surface area contributed by atoms with Gasteiger partial charge in [-0.1, -0.05) is 54.1 Å². The Morgan fingerprint density at radius 3 is 2.69 bits per heavy atom. The van der Waals surface area contributed by atoms with E-state index in [-0.39, 0.29) is 18.6 Å². The Balaban J connectivity index is 1.66. The number of ether oxygens (including phenoxy) is 1. The average Bonchev–Trinajstić information content (AvgIpc) is 2.63. The smallest absolute Gasteiger partial charge is 0.258 e. The van der Waals surface area contributed by atoms with E-state index in [1.54, 1.807) is 0 Å². The third-order valence-corrected chi connectivity index (χ3v) is 5.28. The summed E-state index contributed by atoms with van der Waals surface area (Å²) in [5.41, 5.74) is 3.48. The first-order valence-electron chi connectivity index (χ1n) is 8.62. The lowest BCUT2D eigenvalue weighted by molar-refractivity contribution is -0.123. The summed E-state index contributed by atoms with van der Waals surface area (Å²) in [7, 11) is 0. The largest absolute Gasteiger partial charge is 0.483 e. The van der Waals surface area contributed by atoms with Gasteiger partial charge < -0.3 is 10.1 Å². The Hall–Kier alpha value is -2.33. The van der Waals surface area contributed by atoms with Crippen molar-refractivity contribution in [3.8, 4) is 5.75 Å². The highest BCUT2D eigenvalue weighted by Gasteiger charge is 2.13. The second kappa shape index (κ2) is 7.92. The quantitative estimate of drug-likeness (QED) is 0.603. The highest BCUT2D eigenvalue weighted by Crippen LogP contribution is 2.33. The van der Waals surface area contributed by atoms with Crippen molar-refractivity contribution >= 4 is 32.6 Å². The van der Waals surface area contributed by atoms with Gasteiger partial charge in [0.1, 0.15) is 5.75 Å². The topological polar surface area (TPSA) is 38.3 Å². The van der Waals surface area contributed by atoms with Crippen molar-refractivity contribution in [1.29, 1.82) is 0 Å². The van der Waals surface area contributed by atoms with Crippen LogP contribution in [0.4, 0.5) is 0 Å². The van der Waals surface area contributed by atoms with Crippen LogP contribution in [0.1, 0.15) is 29.7 Å². The molecule has 0 saturated carbocycles. The fraction of sp³-hybridized carbons (Fsp3) is 0.227. The summed E-state index contributed by atoms with van der Waals surface area (Å²) in [4.78, 5) is 12.3. The van der Waals surface area contributed by atoms with Crippen LogP contribution >= 0.6 is 15.9 Å². The van der Waals surface area contributed by atoms with Crippen LogP contribution in [0.2, 0.25) is 0 Å². The number of halogens is 1. The lowest BCUT2D eigenvalue weighted by Gasteiger charge is -2.18. The van der Waals surface area contributed by atoms with Crippen molar-refractivity contribution < 1.29 is 9.53 Å². The monoisotopic (exact) mass is 411 g/mol. The van der Waals surface area contributed by atoms with Crippen molar-refractivity contribution in [3.63, 3.8) is 0 Å². The molecule has 0 saturated heterocycles. The molecule has 0 unspecified atom stereocenters. The zero-order valence-corrected chi connectivity index (χ0v) is 16.8. The lowest BCUT2D eigenvalue weighted by Crippen LogP contribution is -2.31. The van der Waals surface area contributed by atoms with E-state index in [4.69, 9.17) is 4.74 Å². The van der Waals surface area contributed by atoms with Crippen molar-refractivity contribution in [2.24, 2.45) is 0 Å². The maximum Gasteiger partial charge on any atom is 0.258 e. The van der Waals surface area contributed by atoms with Crippen LogP contribution in [0.5, 0.6) is 5.75 Å². The minimum atomic E-state index is -0.140. The number of fused-ring (bicyclic) bond motifs is 1. The van der Waals surface area contributed by atoms with E-state index in [9.17, 15) is 4.79 Å². The Labute approximate surface area is 162 Å². The van der Waals surface area contributed by atoms with Crippen molar-refractivity contribution in [2.45, 2.75) is 26.8 Å². The minimum Gasteiger partial charge on any atom is -0.483 e. The molecule has 0 aliphatic rings. The lowest BCUT2D eigenvalue weighted by atomic mass is 10.00. The summed E-state index contributed by atoms with van der Waals surface area (Å²) in [6.07, 6.45) is 0. The summed E-state index contributed by atoms with van der Waals surface area (Å²) in [5.74, 6) is 0.525. The van der Waals surface area contributed by atoms with E-state index >= 15 is 0 Å². The molecule has 3 aromatic rings. The summed E-state index contributed by atoms with van der Waals surface area (Å²) in [5, 5.41) is 5.20. The molecule has 1 amide bonds. The van der Waals surface area contributed by atoms with Gasteiger partial charge in [0.25, 0.3) is 5.91 Å². The van der Waals surface area contributed by atoms with Gasteiger partial charge >= 0.3 is 0 Å². The van der Waals surface area contributed by atoms with E-state index in [0.29, 0.717) is 5.75 Å². The second-order valence-corrected chi connectivity index (χ2v) is 7.33. The zero-order valence-electron chi connectivity index (χ0n) is 15.2. The first-order valence-corrected chi connectivity index (χ1v) is 9.41. The molecule has 26 heavy (non-hydrogen) atoms. The van der Waals surface area contributed by atoms with Gasteiger partial charge in [-0.3, -0.25) is 4.79 Å². The molecule has 134 valence electrons. The second-order valence-electron chi connectivity index (χ2n) is 6.54. The van der Waals surface area contributed by atoms with Gasteiger partial charge in [0, 0.05) is 0 Å². The number of rotatable bonds is 5. The van der Waals surface area contributed by atoms with Gasteiger partial charge in [-0.25, -0.2) is 0 Å². The number of benzene rings is 3. The van der Waals surface area contributed by atoms with Crippen LogP contribution in [-0.4, -0.2) is 12.5 Å². The number of aryl methyl sites for hydroxylation is 2. The number of amides is 1. The molecule has 0 heterocycles. The standard InChI is InChI=1S/C22H22BrNO2/c1-14-8-9-15(2)19(12-14)16(3)24-21(25)13-26-20-11-10-17-6-4-5-7-18(17)22(20)23/h4-12,16H,13H2,1-3H3,(H,24,25)/t16-/m1/s1. The summed E-state index contributed by atoms with van der Waals surface area (Å²) in [6.45, 7) is 6.08. The number of carbonyl (C=O) groups is 1. The molecular formula is C22H22BrNO2. The highest BCUT2D eigenvalue weighted by atomic mass is 79.9. The van der Waals surface area contributed by atoms with Gasteiger partial charge in [-0.2, -0.15) is 0 Å². The molecule has 0 aliphatic carbocycles. The van der Waals surface area contributed by atoms with E-state index in [2.05, 4.69) is 53.3 Å². The van der Waals surface area contributed by atoms with Crippen LogP contribution in [0, 0.1) is 13.8 Å². The molecule has 3 aromatic carbocycles. The zero-order chi connectivity index (χ0) is 18.7. The number of nitrogens with one attached hydrogen (secondary N) is 1. The van der Waals surface area contributed by atoms with E-state index in [1.807, 2.05) is 43.3 Å². The molecule has 0 fully saturated rings. The molecule has 0 radical (unpaired) electrons. The first kappa shape index (κ1) is 18.5. The Morgan fingerprint density at radius 2 is 1.88 bits per heavy atom. The molecule has 4 heteroatoms. The fourth-order valence-corrected chi connectivity index (χ4v) is 3.66. The maximum absolute atomic E-state index is 12.3. The normalized spacial score (nSPS) is 12.0. The van der Waals surface area contributed by atoms with Gasteiger partial charge in [-0.05, 0) is 64.7 Å². The molecule has 0 spiro atoms. The van der Waals surface area contributed by atoms with Gasteiger partial charge in [0.05, 0.1) is 10.5 Å². The predicted octanol–water partition coefficient (Wildman–Crippen LogP) is 5.48. The van der Waals surface area contributed by atoms with Crippen molar-refractivity contribution in [3.05, 3.63) is 75.8 Å². The highest BCUT2D eigenvalue weighted by molar-refractivity contribution is 9.10. The van der Waals surface area contributed by atoms with E-state index in [1.165, 1.54) is 11.1 Å². The summed E-state index contributed by atoms with van der Waals surface area (Å²) in [6, 6.07) is 18.1. The Bertz CT molecular complexity index is 952. The van der Waals surface area contributed by atoms with Gasteiger partial charge in [-0.15, -0.1) is 0 Å². The van der Waals surface area contributed by atoms with Crippen molar-refractivity contribution in [1.82, 2.24) is 5.32 Å². The molecule has 3 rings (SSSR count). The predicted molar refractivity (Wildman–Crippen MR) is 110 cm³/mol. The van der Waals surface area contributed by atoms with Crippen LogP contribution in [0.15, 0.2) is 59.1 Å². The van der Waals surface area contributed by atoms with Crippen LogP contribution < -0.4 is 10.1 Å². The maximum atomic E-state index is 12.3. The SMILES string of the molecule is Cc1ccc(C)c([C@@H](C)NC(=O)COc2ccc3ccccc3c2Br)c1. The molecular weight excluding hydrogens is 390 g/mol. The van der Waals surface area contributed by atoms with Crippen LogP contribution in [0.3, 0.4) is 0 Å². The van der Waals surface area contributed by atoms with E-state index < -0.39 is 0 Å². The number of carbonyl (C=O) groups excluding carboxylic acids is 1. The summed E-state index contributed by atoms with van der Waals surface area (Å²) >= 11 is 3.58. The minimum absolute atomic E-state index is 0.0217. The first-order chi connectivity index (χ1) is 12.5. The molecule has 3 nitrogen and oxygen atoms in total. The van der Waals surface area contributed by atoms with Crippen LogP contribution in [-0.2, 0) is 4.79 Å². The molecule has 0 bridgehead atoms. The third-order valence-electron chi connectivity index (χ3n) is 4.47. The third kappa shape index (κ3) is 4.07. The van der Waals surface area contributed by atoms with Crippen LogP contribution in [0.25, 0.3) is 10.8 Å². The molecule has 0 aromatic heterocycles.